The first-order valence-corrected chi connectivity index (χ1v) is 7.54. The average Bonchev–Trinajstić information content (AvgIpc) is 2.35. The highest BCUT2D eigenvalue weighted by Crippen LogP contribution is 2.15. The van der Waals surface area contributed by atoms with E-state index in [9.17, 15) is 13.2 Å². The quantitative estimate of drug-likeness (QED) is 0.717. The van der Waals surface area contributed by atoms with E-state index in [0.717, 1.165) is 13.1 Å². The minimum absolute atomic E-state index is 0.0456. The van der Waals surface area contributed by atoms with Gasteiger partial charge in [-0.25, -0.2) is 13.1 Å². The second-order valence-corrected chi connectivity index (χ2v) is 6.40. The third-order valence-corrected chi connectivity index (χ3v) is 4.49. The zero-order valence-corrected chi connectivity index (χ0v) is 11.5. The second-order valence-electron chi connectivity index (χ2n) is 4.51. The van der Waals surface area contributed by atoms with Crippen LogP contribution in [0.4, 0.5) is 5.69 Å². The van der Waals surface area contributed by atoms with Gasteiger partial charge in [0.15, 0.2) is 0 Å². The molecule has 19 heavy (non-hydrogen) atoms. The fourth-order valence-corrected chi connectivity index (χ4v) is 2.53. The SMILES string of the molecule is CNS(=O)(=O)c1ccc(NC(=O)CC2CNC2)cc1. The van der Waals surface area contributed by atoms with Crippen LogP contribution in [0.15, 0.2) is 29.2 Å². The fraction of sp³-hybridized carbons (Fsp3) is 0.417. The molecule has 1 aliphatic rings. The molecule has 0 radical (unpaired) electrons. The van der Waals surface area contributed by atoms with Crippen molar-refractivity contribution in [2.24, 2.45) is 5.92 Å². The maximum atomic E-state index is 11.7. The van der Waals surface area contributed by atoms with Crippen LogP contribution in [-0.2, 0) is 14.8 Å². The summed E-state index contributed by atoms with van der Waals surface area (Å²) in [6.07, 6.45) is 0.490. The summed E-state index contributed by atoms with van der Waals surface area (Å²) in [7, 11) is -2.07. The lowest BCUT2D eigenvalue weighted by molar-refractivity contribution is -0.117. The number of sulfonamides is 1. The van der Waals surface area contributed by atoms with Gasteiger partial charge in [-0.3, -0.25) is 4.79 Å². The Morgan fingerprint density at radius 3 is 2.42 bits per heavy atom. The lowest BCUT2D eigenvalue weighted by Crippen LogP contribution is -2.43. The molecule has 0 spiro atoms. The molecule has 1 fully saturated rings. The Labute approximate surface area is 112 Å². The molecule has 2 rings (SSSR count). The molecule has 3 N–H and O–H groups in total. The number of carbonyl (C=O) groups excluding carboxylic acids is 1. The smallest absolute Gasteiger partial charge is 0.240 e. The molecule has 1 aromatic carbocycles. The third-order valence-electron chi connectivity index (χ3n) is 3.06. The Morgan fingerprint density at radius 2 is 1.95 bits per heavy atom. The molecule has 0 aromatic heterocycles. The van der Waals surface area contributed by atoms with Crippen LogP contribution in [0.25, 0.3) is 0 Å². The van der Waals surface area contributed by atoms with Gasteiger partial charge < -0.3 is 10.6 Å². The Balaban J connectivity index is 1.96. The van der Waals surface area contributed by atoms with Crippen molar-refractivity contribution in [3.8, 4) is 0 Å². The van der Waals surface area contributed by atoms with E-state index in [2.05, 4.69) is 15.4 Å². The van der Waals surface area contributed by atoms with E-state index in [1.54, 1.807) is 12.1 Å². The van der Waals surface area contributed by atoms with E-state index in [0.29, 0.717) is 18.0 Å². The number of amides is 1. The minimum Gasteiger partial charge on any atom is -0.326 e. The first kappa shape index (κ1) is 14.0. The van der Waals surface area contributed by atoms with Crippen LogP contribution in [-0.4, -0.2) is 34.5 Å². The fourth-order valence-electron chi connectivity index (χ4n) is 1.80. The summed E-state index contributed by atoms with van der Waals surface area (Å²) in [6.45, 7) is 1.76. The molecule has 6 nitrogen and oxygen atoms in total. The maximum absolute atomic E-state index is 11.7. The van der Waals surface area contributed by atoms with Crippen LogP contribution in [0.2, 0.25) is 0 Å². The Morgan fingerprint density at radius 1 is 1.32 bits per heavy atom. The molecule has 1 amide bonds. The van der Waals surface area contributed by atoms with Crippen molar-refractivity contribution in [2.75, 3.05) is 25.5 Å². The van der Waals surface area contributed by atoms with Gasteiger partial charge in [-0.2, -0.15) is 0 Å². The molecular weight excluding hydrogens is 266 g/mol. The number of benzene rings is 1. The molecule has 0 saturated carbocycles. The summed E-state index contributed by atoms with van der Waals surface area (Å²) in [5, 5.41) is 5.86. The molecule has 1 heterocycles. The van der Waals surface area contributed by atoms with Crippen LogP contribution >= 0.6 is 0 Å². The van der Waals surface area contributed by atoms with Gasteiger partial charge in [0.1, 0.15) is 0 Å². The summed E-state index contributed by atoms with van der Waals surface area (Å²) < 4.78 is 25.3. The van der Waals surface area contributed by atoms with Gasteiger partial charge in [0.25, 0.3) is 0 Å². The molecule has 1 aromatic rings. The van der Waals surface area contributed by atoms with E-state index in [4.69, 9.17) is 0 Å². The second kappa shape index (κ2) is 5.68. The molecular formula is C12H17N3O3S. The van der Waals surface area contributed by atoms with E-state index >= 15 is 0 Å². The molecule has 1 aliphatic heterocycles. The molecule has 0 atom stereocenters. The Hall–Kier alpha value is -1.44. The lowest BCUT2D eigenvalue weighted by atomic mass is 9.99. The predicted octanol–water partition coefficient (Wildman–Crippen LogP) is 0.143. The lowest BCUT2D eigenvalue weighted by Gasteiger charge is -2.26. The molecule has 1 saturated heterocycles. The molecule has 104 valence electrons. The van der Waals surface area contributed by atoms with E-state index in [-0.39, 0.29) is 10.8 Å². The number of anilines is 1. The summed E-state index contributed by atoms with van der Waals surface area (Å²) in [5.41, 5.74) is 0.604. The predicted molar refractivity (Wildman–Crippen MR) is 72.3 cm³/mol. The number of hydrogen-bond donors (Lipinski definition) is 3. The van der Waals surface area contributed by atoms with Gasteiger partial charge in [-0.15, -0.1) is 0 Å². The van der Waals surface area contributed by atoms with E-state index in [1.165, 1.54) is 19.2 Å². The highest BCUT2D eigenvalue weighted by molar-refractivity contribution is 7.89. The zero-order chi connectivity index (χ0) is 13.9. The van der Waals surface area contributed by atoms with Crippen molar-refractivity contribution in [1.29, 1.82) is 0 Å². The highest BCUT2D eigenvalue weighted by Gasteiger charge is 2.20. The van der Waals surface area contributed by atoms with Gasteiger partial charge in [0.2, 0.25) is 15.9 Å². The van der Waals surface area contributed by atoms with Gasteiger partial charge in [-0.05, 0) is 50.3 Å². The summed E-state index contributed by atoms with van der Waals surface area (Å²) in [5.74, 6) is 0.361. The van der Waals surface area contributed by atoms with Crippen molar-refractivity contribution in [2.45, 2.75) is 11.3 Å². The standard InChI is InChI=1S/C12H17N3O3S/c1-13-19(17,18)11-4-2-10(3-5-11)15-12(16)6-9-7-14-8-9/h2-5,9,13-14H,6-8H2,1H3,(H,15,16). The number of nitrogens with one attached hydrogen (secondary N) is 3. The topological polar surface area (TPSA) is 87.3 Å². The van der Waals surface area contributed by atoms with Crippen molar-refractivity contribution in [3.63, 3.8) is 0 Å². The van der Waals surface area contributed by atoms with Crippen molar-refractivity contribution < 1.29 is 13.2 Å². The highest BCUT2D eigenvalue weighted by atomic mass is 32.2. The van der Waals surface area contributed by atoms with Crippen molar-refractivity contribution in [3.05, 3.63) is 24.3 Å². The summed E-state index contributed by atoms with van der Waals surface area (Å²) >= 11 is 0. The Bertz CT molecular complexity index is 550. The summed E-state index contributed by atoms with van der Waals surface area (Å²) in [4.78, 5) is 11.9. The largest absolute Gasteiger partial charge is 0.326 e. The number of rotatable bonds is 5. The molecule has 0 unspecified atom stereocenters. The van der Waals surface area contributed by atoms with Crippen LogP contribution in [0.3, 0.4) is 0 Å². The normalized spacial score (nSPS) is 15.8. The number of carbonyl (C=O) groups is 1. The first-order valence-electron chi connectivity index (χ1n) is 6.05. The molecule has 0 aliphatic carbocycles. The van der Waals surface area contributed by atoms with Crippen LogP contribution < -0.4 is 15.4 Å². The Kier molecular flexibility index (Phi) is 4.18. The minimum atomic E-state index is -3.43. The van der Waals surface area contributed by atoms with Gasteiger partial charge in [-0.1, -0.05) is 0 Å². The van der Waals surface area contributed by atoms with Crippen LogP contribution in [0.1, 0.15) is 6.42 Å². The van der Waals surface area contributed by atoms with E-state index < -0.39 is 10.0 Å². The maximum Gasteiger partial charge on any atom is 0.240 e. The third kappa shape index (κ3) is 3.52. The van der Waals surface area contributed by atoms with Crippen molar-refractivity contribution >= 4 is 21.6 Å². The monoisotopic (exact) mass is 283 g/mol. The van der Waals surface area contributed by atoms with Gasteiger partial charge in [0.05, 0.1) is 4.90 Å². The first-order chi connectivity index (χ1) is 9.01. The van der Waals surface area contributed by atoms with E-state index in [1.807, 2.05) is 0 Å². The van der Waals surface area contributed by atoms with Crippen molar-refractivity contribution in [1.82, 2.24) is 10.0 Å². The van der Waals surface area contributed by atoms with Crippen LogP contribution in [0.5, 0.6) is 0 Å². The van der Waals surface area contributed by atoms with Crippen LogP contribution in [0, 0.1) is 5.92 Å². The molecule has 7 heteroatoms. The van der Waals surface area contributed by atoms with Gasteiger partial charge in [0, 0.05) is 12.1 Å². The number of hydrogen-bond acceptors (Lipinski definition) is 4. The molecule has 0 bridgehead atoms. The average molecular weight is 283 g/mol. The zero-order valence-electron chi connectivity index (χ0n) is 10.6. The van der Waals surface area contributed by atoms with Gasteiger partial charge >= 0.3 is 0 Å². The summed E-state index contributed by atoms with van der Waals surface area (Å²) in [6, 6.07) is 6.10.